The highest BCUT2D eigenvalue weighted by Crippen LogP contribution is 2.52. The second-order valence-corrected chi connectivity index (χ2v) is 20.7. The first-order chi connectivity index (χ1) is 33.7. The number of allylic oxidation sites excluding steroid dienone is 19. The number of rotatable bonds is 8. The summed E-state index contributed by atoms with van der Waals surface area (Å²) < 4.78 is 2.65. The summed E-state index contributed by atoms with van der Waals surface area (Å²) in [5.74, 6) is 2.58. The SMILES string of the molecule is C1=CCC(C2=CC(C3CC=C(N4C5=CC=C(c6ccc7c(c6)c6c(n7C7C=CC(c8cc(-c9ccccc9)cc(-c9ccccc9)c8)=CC7)C=CCC6)CC5C5=C4C=CCC5)CC3)CCC2)C=C1. The van der Waals surface area contributed by atoms with Gasteiger partial charge in [-0.3, -0.25) is 0 Å². The predicted octanol–water partition coefficient (Wildman–Crippen LogP) is 17.3. The minimum Gasteiger partial charge on any atom is -0.333 e. The number of aryl methyl sites for hydroxylation is 1. The van der Waals surface area contributed by atoms with Gasteiger partial charge < -0.3 is 9.47 Å². The summed E-state index contributed by atoms with van der Waals surface area (Å²) in [5.41, 5.74) is 22.6. The van der Waals surface area contributed by atoms with Gasteiger partial charge in [-0.1, -0.05) is 145 Å². The first-order valence-electron chi connectivity index (χ1n) is 26.0. The highest BCUT2D eigenvalue weighted by molar-refractivity contribution is 5.92. The van der Waals surface area contributed by atoms with Crippen LogP contribution in [-0.2, 0) is 6.42 Å². The fourth-order valence-corrected chi connectivity index (χ4v) is 13.3. The Kier molecular flexibility index (Phi) is 10.9. The van der Waals surface area contributed by atoms with Crippen LogP contribution in [0, 0.1) is 23.7 Å². The van der Waals surface area contributed by atoms with E-state index in [2.05, 4.69) is 198 Å². The molecule has 336 valence electrons. The van der Waals surface area contributed by atoms with Crippen molar-refractivity contribution < 1.29 is 0 Å². The third-order valence-corrected chi connectivity index (χ3v) is 16.8. The van der Waals surface area contributed by atoms with E-state index in [4.69, 9.17) is 0 Å². The Morgan fingerprint density at radius 1 is 0.588 bits per heavy atom. The van der Waals surface area contributed by atoms with Gasteiger partial charge in [-0.2, -0.15) is 0 Å². The third-order valence-electron chi connectivity index (χ3n) is 16.8. The van der Waals surface area contributed by atoms with Crippen LogP contribution in [-0.4, -0.2) is 9.47 Å². The zero-order valence-electron chi connectivity index (χ0n) is 39.4. The highest BCUT2D eigenvalue weighted by Gasteiger charge is 2.40. The van der Waals surface area contributed by atoms with E-state index in [0.29, 0.717) is 11.8 Å². The van der Waals surface area contributed by atoms with E-state index in [-0.39, 0.29) is 6.04 Å². The van der Waals surface area contributed by atoms with E-state index in [1.165, 1.54) is 129 Å². The molecule has 0 bridgehead atoms. The normalized spacial score (nSPS) is 25.1. The van der Waals surface area contributed by atoms with Crippen molar-refractivity contribution in [2.45, 2.75) is 89.5 Å². The molecule has 8 aliphatic rings. The predicted molar refractivity (Wildman–Crippen MR) is 286 cm³/mol. The summed E-state index contributed by atoms with van der Waals surface area (Å²) in [6, 6.07) is 36.4. The fraction of sp³-hybridized carbons (Fsp3) is 0.273. The lowest BCUT2D eigenvalue weighted by Crippen LogP contribution is -2.25. The number of hydrogen-bond acceptors (Lipinski definition) is 1. The molecule has 2 nitrogen and oxygen atoms in total. The zero-order valence-corrected chi connectivity index (χ0v) is 39.4. The molecule has 5 atom stereocenters. The van der Waals surface area contributed by atoms with Crippen molar-refractivity contribution in [3.8, 4) is 22.3 Å². The maximum atomic E-state index is 2.72. The molecule has 5 aromatic rings. The van der Waals surface area contributed by atoms with Crippen molar-refractivity contribution in [3.63, 3.8) is 0 Å². The second kappa shape index (κ2) is 17.8. The second-order valence-electron chi connectivity index (χ2n) is 20.7. The van der Waals surface area contributed by atoms with Crippen molar-refractivity contribution in [2.75, 3.05) is 0 Å². The van der Waals surface area contributed by atoms with Gasteiger partial charge in [0.05, 0.1) is 6.04 Å². The average Bonchev–Trinajstić information content (AvgIpc) is 3.94. The number of hydrogen-bond donors (Lipinski definition) is 0. The van der Waals surface area contributed by atoms with Gasteiger partial charge in [0, 0.05) is 45.5 Å². The number of aromatic nitrogens is 1. The fourth-order valence-electron chi connectivity index (χ4n) is 13.3. The van der Waals surface area contributed by atoms with Gasteiger partial charge in [0.15, 0.2) is 0 Å². The van der Waals surface area contributed by atoms with Gasteiger partial charge in [-0.05, 0) is 200 Å². The van der Waals surface area contributed by atoms with Crippen molar-refractivity contribution in [2.24, 2.45) is 23.7 Å². The van der Waals surface area contributed by atoms with E-state index in [1.807, 2.05) is 0 Å². The molecule has 1 aliphatic heterocycles. The first kappa shape index (κ1) is 41.5. The van der Waals surface area contributed by atoms with Crippen LogP contribution in [0.15, 0.2) is 210 Å². The lowest BCUT2D eigenvalue weighted by Gasteiger charge is -2.36. The largest absolute Gasteiger partial charge is 0.333 e. The summed E-state index contributed by atoms with van der Waals surface area (Å²) in [4.78, 5) is 2.71. The Balaban J connectivity index is 0.774. The van der Waals surface area contributed by atoms with Gasteiger partial charge in [0.25, 0.3) is 0 Å². The minimum absolute atomic E-state index is 0.260. The molecule has 4 aromatic carbocycles. The van der Waals surface area contributed by atoms with Gasteiger partial charge in [0.2, 0.25) is 0 Å². The summed E-state index contributed by atoms with van der Waals surface area (Å²) in [6.45, 7) is 0. The highest BCUT2D eigenvalue weighted by atomic mass is 15.2. The Labute approximate surface area is 403 Å². The molecule has 0 amide bonds. The molecule has 0 fully saturated rings. The summed E-state index contributed by atoms with van der Waals surface area (Å²) in [6.07, 6.45) is 52.1. The van der Waals surface area contributed by atoms with Crippen LogP contribution in [0.2, 0.25) is 0 Å². The maximum Gasteiger partial charge on any atom is 0.0560 e. The molecule has 0 N–H and O–H groups in total. The lowest BCUT2D eigenvalue weighted by molar-refractivity contribution is 0.307. The quantitative estimate of drug-likeness (QED) is 0.141. The van der Waals surface area contributed by atoms with E-state index < -0.39 is 0 Å². The lowest BCUT2D eigenvalue weighted by atomic mass is 9.73. The van der Waals surface area contributed by atoms with Crippen LogP contribution in [0.5, 0.6) is 0 Å². The molecule has 1 aromatic heterocycles. The Hall–Kier alpha value is -6.64. The van der Waals surface area contributed by atoms with Gasteiger partial charge in [-0.25, -0.2) is 0 Å². The zero-order chi connectivity index (χ0) is 45.0. The third kappa shape index (κ3) is 7.58. The molecular formula is C66H62N2. The molecule has 0 saturated heterocycles. The van der Waals surface area contributed by atoms with Gasteiger partial charge in [0.1, 0.15) is 0 Å². The van der Waals surface area contributed by atoms with E-state index in [1.54, 1.807) is 16.8 Å². The van der Waals surface area contributed by atoms with Crippen LogP contribution in [0.3, 0.4) is 0 Å². The average molecular weight is 883 g/mol. The molecule has 7 aliphatic carbocycles. The smallest absolute Gasteiger partial charge is 0.0560 e. The Morgan fingerprint density at radius 3 is 2.16 bits per heavy atom. The van der Waals surface area contributed by atoms with Gasteiger partial charge >= 0.3 is 0 Å². The Bertz CT molecular complexity index is 3100. The molecule has 13 rings (SSSR count). The number of nitrogens with zero attached hydrogens (tertiary/aromatic N) is 2. The molecule has 2 heteroatoms. The molecule has 0 saturated carbocycles. The molecule has 5 unspecified atom stereocenters. The van der Waals surface area contributed by atoms with Crippen molar-refractivity contribution >= 4 is 28.1 Å². The van der Waals surface area contributed by atoms with Crippen molar-refractivity contribution in [3.05, 3.63) is 233 Å². The number of benzene rings is 4. The monoisotopic (exact) mass is 882 g/mol. The van der Waals surface area contributed by atoms with Gasteiger partial charge in [-0.15, -0.1) is 0 Å². The number of fused-ring (bicyclic) bond motifs is 5. The van der Waals surface area contributed by atoms with E-state index >= 15 is 0 Å². The molecular weight excluding hydrogens is 821 g/mol. The summed E-state index contributed by atoms with van der Waals surface area (Å²) in [7, 11) is 0. The maximum absolute atomic E-state index is 2.72. The van der Waals surface area contributed by atoms with E-state index in [0.717, 1.165) is 43.9 Å². The standard InChI is InChI=1S/C66H62N2/c1-4-15-45(16-5-1)50-21-14-22-51(39-50)48-27-33-57(34-28-48)67-63-25-12-10-23-59(63)61-43-52(31-37-65(61)67)53-32-38-66-62(44-53)60-24-11-13-26-64(60)68(66)58-35-29-49(30-36-58)56-41-54(46-17-6-2-7-18-46)40-55(42-56)47-19-8-3-9-20-47/h1-9,12-13,15,17-20,25-26,29-33,35,37-42,44-45,48,51,58,61H,10-11,14,16,21-24,27-28,34,36,43H2. The molecule has 68 heavy (non-hydrogen) atoms. The van der Waals surface area contributed by atoms with Crippen LogP contribution in [0.4, 0.5) is 0 Å². The van der Waals surface area contributed by atoms with Crippen molar-refractivity contribution in [1.82, 2.24) is 9.47 Å². The summed E-state index contributed by atoms with van der Waals surface area (Å²) in [5, 5.41) is 1.44. The topological polar surface area (TPSA) is 8.17 Å². The van der Waals surface area contributed by atoms with E-state index in [9.17, 15) is 0 Å². The molecule has 0 radical (unpaired) electrons. The molecule has 2 heterocycles. The van der Waals surface area contributed by atoms with Crippen molar-refractivity contribution in [1.29, 1.82) is 0 Å². The van der Waals surface area contributed by atoms with Crippen LogP contribution in [0.1, 0.15) is 105 Å². The van der Waals surface area contributed by atoms with Crippen LogP contribution < -0.4 is 0 Å². The van der Waals surface area contributed by atoms with Crippen LogP contribution in [0.25, 0.3) is 50.4 Å². The Morgan fingerprint density at radius 2 is 1.40 bits per heavy atom. The first-order valence-corrected chi connectivity index (χ1v) is 26.0. The molecule has 0 spiro atoms. The minimum atomic E-state index is 0.260. The summed E-state index contributed by atoms with van der Waals surface area (Å²) >= 11 is 0. The van der Waals surface area contributed by atoms with Crippen LogP contribution >= 0.6 is 0 Å².